The maximum Gasteiger partial charge on any atom is 0.418 e. The standard InChI is InChI=1S/C24H19F3N4O2/c1-31(14-15-6-3-2-4-7-15)23(33)16-10-12-17(13-11-16)29-30-21-18-8-5-9-19(24(25,26)27)20(18)28-22(21)32/h2-13,21H,14H2,1H3,(H,28,32)/t21-/m0/s1. The predicted molar refractivity (Wildman–Crippen MR) is 116 cm³/mol. The highest BCUT2D eigenvalue weighted by molar-refractivity contribution is 6.03. The minimum atomic E-state index is -4.60. The maximum atomic E-state index is 13.2. The first kappa shape index (κ1) is 22.2. The fraction of sp³-hybridized carbons (Fsp3) is 0.167. The van der Waals surface area contributed by atoms with Crippen LogP contribution < -0.4 is 5.32 Å². The van der Waals surface area contributed by atoms with Gasteiger partial charge in [-0.3, -0.25) is 9.59 Å². The first-order valence-electron chi connectivity index (χ1n) is 10.1. The summed E-state index contributed by atoms with van der Waals surface area (Å²) < 4.78 is 39.6. The molecule has 33 heavy (non-hydrogen) atoms. The van der Waals surface area contributed by atoms with Gasteiger partial charge in [-0.2, -0.15) is 23.4 Å². The number of rotatable bonds is 5. The minimum Gasteiger partial charge on any atom is -0.337 e. The van der Waals surface area contributed by atoms with Crippen molar-refractivity contribution in [2.45, 2.75) is 18.8 Å². The number of nitrogens with one attached hydrogen (secondary N) is 1. The predicted octanol–water partition coefficient (Wildman–Crippen LogP) is 5.75. The van der Waals surface area contributed by atoms with Crippen molar-refractivity contribution in [1.82, 2.24) is 4.90 Å². The number of anilines is 1. The summed E-state index contributed by atoms with van der Waals surface area (Å²) in [7, 11) is 1.70. The molecule has 9 heteroatoms. The molecule has 1 aliphatic rings. The molecule has 1 atom stereocenters. The van der Waals surface area contributed by atoms with Crippen LogP contribution in [0.15, 0.2) is 83.0 Å². The van der Waals surface area contributed by atoms with E-state index >= 15 is 0 Å². The highest BCUT2D eigenvalue weighted by atomic mass is 19.4. The van der Waals surface area contributed by atoms with Gasteiger partial charge in [-0.15, -0.1) is 0 Å². The molecular weight excluding hydrogens is 433 g/mol. The van der Waals surface area contributed by atoms with Gasteiger partial charge in [-0.1, -0.05) is 42.5 Å². The topological polar surface area (TPSA) is 74.1 Å². The molecule has 4 rings (SSSR count). The Labute approximate surface area is 187 Å². The largest absolute Gasteiger partial charge is 0.418 e. The van der Waals surface area contributed by atoms with Crippen molar-refractivity contribution in [3.63, 3.8) is 0 Å². The van der Waals surface area contributed by atoms with Crippen molar-refractivity contribution in [2.24, 2.45) is 10.2 Å². The van der Waals surface area contributed by atoms with Gasteiger partial charge in [0.1, 0.15) is 0 Å². The fourth-order valence-electron chi connectivity index (χ4n) is 3.57. The van der Waals surface area contributed by atoms with Gasteiger partial charge in [-0.05, 0) is 35.9 Å². The zero-order valence-corrected chi connectivity index (χ0v) is 17.5. The summed E-state index contributed by atoms with van der Waals surface area (Å²) in [6.07, 6.45) is -4.60. The van der Waals surface area contributed by atoms with E-state index in [0.29, 0.717) is 17.8 Å². The Balaban J connectivity index is 1.47. The first-order chi connectivity index (χ1) is 15.7. The number of hydrogen-bond acceptors (Lipinski definition) is 4. The molecule has 3 aromatic rings. The van der Waals surface area contributed by atoms with Crippen LogP contribution in [-0.4, -0.2) is 23.8 Å². The minimum absolute atomic E-state index is 0.118. The molecule has 0 unspecified atom stereocenters. The molecule has 1 aliphatic heterocycles. The second kappa shape index (κ2) is 8.85. The summed E-state index contributed by atoms with van der Waals surface area (Å²) in [4.78, 5) is 26.5. The summed E-state index contributed by atoms with van der Waals surface area (Å²) in [5.41, 5.74) is 0.724. The molecule has 0 saturated heterocycles. The summed E-state index contributed by atoms with van der Waals surface area (Å²) >= 11 is 0. The van der Waals surface area contributed by atoms with Crippen molar-refractivity contribution in [1.29, 1.82) is 0 Å². The summed E-state index contributed by atoms with van der Waals surface area (Å²) in [5.74, 6) is -0.856. The fourth-order valence-corrected chi connectivity index (χ4v) is 3.57. The number of nitrogens with zero attached hydrogens (tertiary/aromatic N) is 3. The van der Waals surface area contributed by atoms with Gasteiger partial charge in [-0.25, -0.2) is 0 Å². The molecule has 0 spiro atoms. The normalized spacial score (nSPS) is 15.4. The zero-order chi connectivity index (χ0) is 23.6. The average Bonchev–Trinajstić information content (AvgIpc) is 3.12. The number of alkyl halides is 3. The van der Waals surface area contributed by atoms with E-state index in [9.17, 15) is 22.8 Å². The van der Waals surface area contributed by atoms with Crippen molar-refractivity contribution < 1.29 is 22.8 Å². The van der Waals surface area contributed by atoms with Crippen molar-refractivity contribution >= 4 is 23.2 Å². The quantitative estimate of drug-likeness (QED) is 0.500. The summed E-state index contributed by atoms with van der Waals surface area (Å²) in [6, 6.07) is 18.2. The van der Waals surface area contributed by atoms with Crippen LogP contribution in [-0.2, 0) is 17.5 Å². The van der Waals surface area contributed by atoms with Crippen molar-refractivity contribution in [2.75, 3.05) is 12.4 Å². The monoisotopic (exact) mass is 452 g/mol. The molecule has 3 aromatic carbocycles. The zero-order valence-electron chi connectivity index (χ0n) is 17.5. The SMILES string of the molecule is CN(Cc1ccccc1)C(=O)c1ccc(N=N[C@@H]2C(=O)Nc3c2cccc3C(F)(F)F)cc1. The Hall–Kier alpha value is -4.01. The Morgan fingerprint density at radius 1 is 1.00 bits per heavy atom. The molecule has 2 amide bonds. The molecule has 0 aromatic heterocycles. The van der Waals surface area contributed by atoms with E-state index in [1.54, 1.807) is 36.2 Å². The lowest BCUT2D eigenvalue weighted by molar-refractivity contribution is -0.136. The van der Waals surface area contributed by atoms with Crippen molar-refractivity contribution in [3.05, 3.63) is 95.1 Å². The van der Waals surface area contributed by atoms with E-state index in [-0.39, 0.29) is 17.2 Å². The second-order valence-electron chi connectivity index (χ2n) is 7.57. The Bertz CT molecular complexity index is 1210. The molecule has 0 bridgehead atoms. The molecule has 1 N–H and O–H groups in total. The van der Waals surface area contributed by atoms with Gasteiger partial charge in [0.15, 0.2) is 6.04 Å². The number of fused-ring (bicyclic) bond motifs is 1. The molecule has 0 radical (unpaired) electrons. The molecular formula is C24H19F3N4O2. The van der Waals surface area contributed by atoms with Crippen LogP contribution in [0.5, 0.6) is 0 Å². The van der Waals surface area contributed by atoms with E-state index in [1.165, 1.54) is 12.1 Å². The number of carbonyl (C=O) groups is 2. The lowest BCUT2D eigenvalue weighted by atomic mass is 10.0. The number of amides is 2. The smallest absolute Gasteiger partial charge is 0.337 e. The third kappa shape index (κ3) is 4.77. The number of hydrogen-bond donors (Lipinski definition) is 1. The number of halogens is 3. The molecule has 6 nitrogen and oxygen atoms in total. The Kier molecular flexibility index (Phi) is 5.95. The third-order valence-corrected chi connectivity index (χ3v) is 5.21. The van der Waals surface area contributed by atoms with E-state index in [0.717, 1.165) is 11.6 Å². The van der Waals surface area contributed by atoms with Gasteiger partial charge in [0.05, 0.1) is 16.9 Å². The Morgan fingerprint density at radius 2 is 1.70 bits per heavy atom. The van der Waals surface area contributed by atoms with Crippen LogP contribution in [0.1, 0.15) is 33.1 Å². The van der Waals surface area contributed by atoms with Crippen LogP contribution in [0.3, 0.4) is 0 Å². The second-order valence-corrected chi connectivity index (χ2v) is 7.57. The van der Waals surface area contributed by atoms with Gasteiger partial charge in [0.25, 0.3) is 11.8 Å². The van der Waals surface area contributed by atoms with E-state index in [4.69, 9.17) is 0 Å². The molecule has 168 valence electrons. The van der Waals surface area contributed by atoms with Gasteiger partial charge in [0, 0.05) is 24.7 Å². The number of para-hydroxylation sites is 1. The molecule has 0 fully saturated rings. The van der Waals surface area contributed by atoms with Crippen molar-refractivity contribution in [3.8, 4) is 0 Å². The lowest BCUT2D eigenvalue weighted by Crippen LogP contribution is -2.26. The number of azo groups is 1. The number of carbonyl (C=O) groups excluding carboxylic acids is 2. The summed E-state index contributed by atoms with van der Waals surface area (Å²) in [6.45, 7) is 0.456. The average molecular weight is 452 g/mol. The van der Waals surface area contributed by atoms with Crippen LogP contribution in [0.25, 0.3) is 0 Å². The van der Waals surface area contributed by atoms with E-state index < -0.39 is 23.7 Å². The third-order valence-electron chi connectivity index (χ3n) is 5.21. The Morgan fingerprint density at radius 3 is 2.36 bits per heavy atom. The van der Waals surface area contributed by atoms with E-state index in [2.05, 4.69) is 15.5 Å². The highest BCUT2D eigenvalue weighted by Crippen LogP contribution is 2.43. The van der Waals surface area contributed by atoms with Crippen LogP contribution >= 0.6 is 0 Å². The van der Waals surface area contributed by atoms with Gasteiger partial charge < -0.3 is 10.2 Å². The first-order valence-corrected chi connectivity index (χ1v) is 10.1. The molecule has 0 aliphatic carbocycles. The maximum absolute atomic E-state index is 13.2. The molecule has 1 heterocycles. The van der Waals surface area contributed by atoms with Gasteiger partial charge in [0.2, 0.25) is 0 Å². The number of benzene rings is 3. The molecule has 0 saturated carbocycles. The van der Waals surface area contributed by atoms with Gasteiger partial charge >= 0.3 is 6.18 Å². The lowest BCUT2D eigenvalue weighted by Gasteiger charge is -2.17. The van der Waals surface area contributed by atoms with Crippen LogP contribution in [0.4, 0.5) is 24.5 Å². The van der Waals surface area contributed by atoms with E-state index in [1.807, 2.05) is 30.3 Å². The van der Waals surface area contributed by atoms with Crippen LogP contribution in [0, 0.1) is 0 Å². The summed E-state index contributed by atoms with van der Waals surface area (Å²) in [5, 5.41) is 10.2. The van der Waals surface area contributed by atoms with Crippen LogP contribution in [0.2, 0.25) is 0 Å². The highest BCUT2D eigenvalue weighted by Gasteiger charge is 2.40.